The van der Waals surface area contributed by atoms with Gasteiger partial charge in [-0.25, -0.2) is 9.97 Å². The van der Waals surface area contributed by atoms with E-state index < -0.39 is 0 Å². The predicted octanol–water partition coefficient (Wildman–Crippen LogP) is 1.99. The van der Waals surface area contributed by atoms with E-state index in [-0.39, 0.29) is 18.0 Å². The lowest BCUT2D eigenvalue weighted by molar-refractivity contribution is -0.121. The van der Waals surface area contributed by atoms with Crippen molar-refractivity contribution in [1.29, 1.82) is 0 Å². The molecule has 0 fully saturated rings. The molecule has 0 saturated heterocycles. The van der Waals surface area contributed by atoms with E-state index in [0.29, 0.717) is 17.7 Å². The number of aryl methyl sites for hydroxylation is 3. The number of aromatic nitrogens is 4. The molecule has 3 aromatic rings. The fourth-order valence-corrected chi connectivity index (χ4v) is 3.66. The van der Waals surface area contributed by atoms with Crippen LogP contribution in [0.25, 0.3) is 11.2 Å². The van der Waals surface area contributed by atoms with Gasteiger partial charge in [0.1, 0.15) is 18.7 Å². The molecule has 7 nitrogen and oxygen atoms in total. The number of amides is 1. The van der Waals surface area contributed by atoms with Crippen molar-refractivity contribution in [3.63, 3.8) is 0 Å². The van der Waals surface area contributed by atoms with Crippen molar-refractivity contribution >= 4 is 17.1 Å². The van der Waals surface area contributed by atoms with Crippen LogP contribution < -0.4 is 10.9 Å². The highest BCUT2D eigenvalue weighted by Crippen LogP contribution is 2.18. The zero-order valence-corrected chi connectivity index (χ0v) is 16.1. The van der Waals surface area contributed by atoms with Crippen LogP contribution in [0.3, 0.4) is 0 Å². The Kier molecular flexibility index (Phi) is 5.23. The molecule has 0 bridgehead atoms. The van der Waals surface area contributed by atoms with E-state index >= 15 is 0 Å². The number of carbonyl (C=O) groups excluding carboxylic acids is 1. The Morgan fingerprint density at radius 2 is 2.00 bits per heavy atom. The van der Waals surface area contributed by atoms with Gasteiger partial charge in [0.15, 0.2) is 11.2 Å². The maximum atomic E-state index is 12.8. The second-order valence-electron chi connectivity index (χ2n) is 7.43. The molecule has 7 heteroatoms. The Hall–Kier alpha value is -2.96. The molecule has 1 N–H and O–H groups in total. The number of nitrogens with zero attached hydrogens (tertiary/aromatic N) is 4. The fourth-order valence-electron chi connectivity index (χ4n) is 3.66. The van der Waals surface area contributed by atoms with Crippen molar-refractivity contribution < 1.29 is 4.79 Å². The zero-order valence-electron chi connectivity index (χ0n) is 16.1. The summed E-state index contributed by atoms with van der Waals surface area (Å²) in [6, 6.07) is 8.24. The van der Waals surface area contributed by atoms with Gasteiger partial charge in [-0.2, -0.15) is 0 Å². The molecule has 0 atom stereocenters. The molecule has 0 unspecified atom stereocenters. The fraction of sp³-hybridized carbons (Fsp3) is 0.429. The quantitative estimate of drug-likeness (QED) is 0.735. The van der Waals surface area contributed by atoms with Crippen LogP contribution in [0, 0.1) is 6.92 Å². The topological polar surface area (TPSA) is 81.8 Å². The number of fused-ring (bicyclic) bond motifs is 3. The van der Waals surface area contributed by atoms with Crippen LogP contribution in [0.1, 0.15) is 36.2 Å². The molecule has 4 rings (SSSR count). The van der Waals surface area contributed by atoms with Crippen molar-refractivity contribution in [2.75, 3.05) is 6.54 Å². The van der Waals surface area contributed by atoms with Crippen molar-refractivity contribution in [2.24, 2.45) is 0 Å². The molecule has 1 aromatic carbocycles. The molecular formula is C21H25N5O2. The number of nitrogens with one attached hydrogen (secondary N) is 1. The summed E-state index contributed by atoms with van der Waals surface area (Å²) in [4.78, 5) is 34.0. The predicted molar refractivity (Wildman–Crippen MR) is 107 cm³/mol. The third-order valence-electron chi connectivity index (χ3n) is 5.26. The lowest BCUT2D eigenvalue weighted by Crippen LogP contribution is -2.33. The standard InChI is InChI=1S/C21H25N5O2/c1-15-6-8-16(9-7-15)10-11-22-18(27)13-25-14-23-20-19(21(25)28)24-17-5-3-2-4-12-26(17)20/h6-9,14H,2-5,10-13H2,1H3,(H,22,27). The van der Waals surface area contributed by atoms with E-state index in [2.05, 4.69) is 44.1 Å². The summed E-state index contributed by atoms with van der Waals surface area (Å²) < 4.78 is 3.39. The monoisotopic (exact) mass is 379 g/mol. The van der Waals surface area contributed by atoms with E-state index in [1.807, 2.05) is 6.92 Å². The second kappa shape index (κ2) is 7.96. The molecule has 0 radical (unpaired) electrons. The van der Waals surface area contributed by atoms with Gasteiger partial charge in [0, 0.05) is 19.5 Å². The molecule has 2 aromatic heterocycles. The molecule has 0 spiro atoms. The third-order valence-corrected chi connectivity index (χ3v) is 5.26. The molecule has 0 aliphatic carbocycles. The first-order valence-electron chi connectivity index (χ1n) is 9.88. The van der Waals surface area contributed by atoms with Gasteiger partial charge in [0.2, 0.25) is 5.91 Å². The summed E-state index contributed by atoms with van der Waals surface area (Å²) in [5.41, 5.74) is 3.14. The summed E-state index contributed by atoms with van der Waals surface area (Å²) in [5, 5.41) is 2.87. The minimum absolute atomic E-state index is 0.0438. The zero-order chi connectivity index (χ0) is 19.5. The van der Waals surface area contributed by atoms with Crippen LogP contribution >= 0.6 is 0 Å². The van der Waals surface area contributed by atoms with Crippen LogP contribution in [-0.2, 0) is 30.7 Å². The van der Waals surface area contributed by atoms with E-state index in [1.54, 1.807) is 0 Å². The summed E-state index contributed by atoms with van der Waals surface area (Å²) in [6.07, 6.45) is 6.42. The third kappa shape index (κ3) is 3.83. The van der Waals surface area contributed by atoms with Gasteiger partial charge in [0.05, 0.1) is 0 Å². The number of rotatable bonds is 5. The molecule has 146 valence electrons. The van der Waals surface area contributed by atoms with Crippen LogP contribution in [-0.4, -0.2) is 31.6 Å². The van der Waals surface area contributed by atoms with Gasteiger partial charge >= 0.3 is 0 Å². The normalized spacial score (nSPS) is 13.9. The molecule has 1 aliphatic heterocycles. The van der Waals surface area contributed by atoms with Crippen LogP contribution in [0.4, 0.5) is 0 Å². The lowest BCUT2D eigenvalue weighted by Gasteiger charge is -2.08. The van der Waals surface area contributed by atoms with E-state index in [0.717, 1.165) is 38.1 Å². The van der Waals surface area contributed by atoms with Gasteiger partial charge in [0.25, 0.3) is 5.56 Å². The maximum Gasteiger partial charge on any atom is 0.282 e. The molecule has 3 heterocycles. The summed E-state index contributed by atoms with van der Waals surface area (Å²) in [7, 11) is 0. The highest BCUT2D eigenvalue weighted by atomic mass is 16.2. The Bertz CT molecular complexity index is 1050. The van der Waals surface area contributed by atoms with E-state index in [9.17, 15) is 9.59 Å². The Balaban J connectivity index is 1.42. The maximum absolute atomic E-state index is 12.8. The molecule has 1 aliphatic rings. The summed E-state index contributed by atoms with van der Waals surface area (Å²) in [6.45, 7) is 3.39. The number of hydrogen-bond donors (Lipinski definition) is 1. The van der Waals surface area contributed by atoms with Crippen molar-refractivity contribution in [3.8, 4) is 0 Å². The molecular weight excluding hydrogens is 354 g/mol. The highest BCUT2D eigenvalue weighted by molar-refractivity contribution is 5.76. The van der Waals surface area contributed by atoms with E-state index in [1.165, 1.54) is 28.4 Å². The van der Waals surface area contributed by atoms with Gasteiger partial charge in [-0.05, 0) is 31.7 Å². The number of benzene rings is 1. The Labute approximate surface area is 163 Å². The Morgan fingerprint density at radius 1 is 1.18 bits per heavy atom. The number of hydrogen-bond acceptors (Lipinski definition) is 4. The van der Waals surface area contributed by atoms with Crippen molar-refractivity contribution in [2.45, 2.75) is 52.1 Å². The highest BCUT2D eigenvalue weighted by Gasteiger charge is 2.18. The Morgan fingerprint density at radius 3 is 2.82 bits per heavy atom. The van der Waals surface area contributed by atoms with Crippen molar-refractivity contribution in [3.05, 3.63) is 57.9 Å². The smallest absolute Gasteiger partial charge is 0.282 e. The van der Waals surface area contributed by atoms with Crippen molar-refractivity contribution in [1.82, 2.24) is 24.4 Å². The largest absolute Gasteiger partial charge is 0.354 e. The molecule has 1 amide bonds. The minimum atomic E-state index is -0.251. The van der Waals surface area contributed by atoms with Gasteiger partial charge in [-0.3, -0.25) is 14.2 Å². The first-order valence-corrected chi connectivity index (χ1v) is 9.88. The summed E-state index contributed by atoms with van der Waals surface area (Å²) >= 11 is 0. The minimum Gasteiger partial charge on any atom is -0.354 e. The first kappa shape index (κ1) is 18.4. The second-order valence-corrected chi connectivity index (χ2v) is 7.43. The summed E-state index contributed by atoms with van der Waals surface area (Å²) in [5.74, 6) is 0.730. The lowest BCUT2D eigenvalue weighted by atomic mass is 10.1. The van der Waals surface area contributed by atoms with Gasteiger partial charge in [-0.1, -0.05) is 36.2 Å². The number of imidazole rings is 1. The van der Waals surface area contributed by atoms with Gasteiger partial charge < -0.3 is 9.88 Å². The van der Waals surface area contributed by atoms with Crippen LogP contribution in [0.15, 0.2) is 35.4 Å². The molecule has 0 saturated carbocycles. The SMILES string of the molecule is Cc1ccc(CCNC(=O)Cn2cnc3c(nc4n3CCCCC4)c2=O)cc1. The van der Waals surface area contributed by atoms with Crippen LogP contribution in [0.5, 0.6) is 0 Å². The van der Waals surface area contributed by atoms with Crippen LogP contribution in [0.2, 0.25) is 0 Å². The van der Waals surface area contributed by atoms with E-state index in [4.69, 9.17) is 0 Å². The average Bonchev–Trinajstić information content (AvgIpc) is 2.88. The first-order chi connectivity index (χ1) is 13.6. The van der Waals surface area contributed by atoms with Gasteiger partial charge in [-0.15, -0.1) is 0 Å². The number of carbonyl (C=O) groups is 1. The average molecular weight is 379 g/mol. The molecule has 28 heavy (non-hydrogen) atoms.